The highest BCUT2D eigenvalue weighted by molar-refractivity contribution is 5.92. The number of benzene rings is 1. The van der Waals surface area contributed by atoms with Crippen LogP contribution in [0, 0.1) is 5.82 Å². The highest BCUT2D eigenvalue weighted by Crippen LogP contribution is 2.16. The van der Waals surface area contributed by atoms with Crippen LogP contribution < -0.4 is 10.5 Å². The van der Waals surface area contributed by atoms with Gasteiger partial charge < -0.3 is 10.5 Å². The Hall–Kier alpha value is -2.37. The van der Waals surface area contributed by atoms with Gasteiger partial charge in [0.05, 0.1) is 12.4 Å². The van der Waals surface area contributed by atoms with Crippen LogP contribution in [-0.4, -0.2) is 15.7 Å². The predicted octanol–water partition coefficient (Wildman–Crippen LogP) is 2.28. The first-order chi connectivity index (χ1) is 9.47. The molecule has 20 heavy (non-hydrogen) atoms. The number of halogens is 1. The summed E-state index contributed by atoms with van der Waals surface area (Å²) in [7, 11) is 0. The number of ether oxygens (including phenoxy) is 1. The monoisotopic (exact) mass is 277 g/mol. The molecule has 2 rings (SSSR count). The minimum Gasteiger partial charge on any atom is -0.486 e. The van der Waals surface area contributed by atoms with E-state index in [4.69, 9.17) is 10.5 Å². The lowest BCUT2D eigenvalue weighted by Gasteiger charge is -2.06. The maximum absolute atomic E-state index is 13.7. The molecule has 0 saturated heterocycles. The number of nitrogens with two attached hydrogens (primary N) is 1. The molecular formula is C14H16FN3O2. The standard InChI is InChI=1S/C14H16FN3O2/c1-9(2)18-7-12(6-17-18)20-8-11-4-3-10(14(16)19)5-13(11)15/h3-7,9H,8H2,1-2H3,(H2,16,19). The third-order valence-corrected chi connectivity index (χ3v) is 2.84. The fraction of sp³-hybridized carbons (Fsp3) is 0.286. The molecule has 2 aromatic rings. The van der Waals surface area contributed by atoms with Crippen molar-refractivity contribution in [3.63, 3.8) is 0 Å². The van der Waals surface area contributed by atoms with Crippen molar-refractivity contribution >= 4 is 5.91 Å². The number of aromatic nitrogens is 2. The molecule has 1 aromatic carbocycles. The fourth-order valence-corrected chi connectivity index (χ4v) is 1.66. The number of nitrogens with zero attached hydrogens (tertiary/aromatic N) is 2. The molecular weight excluding hydrogens is 261 g/mol. The number of hydrogen-bond acceptors (Lipinski definition) is 3. The van der Waals surface area contributed by atoms with Gasteiger partial charge in [0, 0.05) is 17.2 Å². The molecule has 1 aromatic heterocycles. The molecule has 2 N–H and O–H groups in total. The average Bonchev–Trinajstić information content (AvgIpc) is 2.86. The van der Waals surface area contributed by atoms with Gasteiger partial charge in [0.1, 0.15) is 12.4 Å². The van der Waals surface area contributed by atoms with Crippen LogP contribution >= 0.6 is 0 Å². The lowest BCUT2D eigenvalue weighted by atomic mass is 10.1. The maximum atomic E-state index is 13.7. The molecule has 1 amide bonds. The molecule has 0 unspecified atom stereocenters. The summed E-state index contributed by atoms with van der Waals surface area (Å²) in [6.45, 7) is 4.06. The van der Waals surface area contributed by atoms with Gasteiger partial charge in [-0.1, -0.05) is 6.07 Å². The quantitative estimate of drug-likeness (QED) is 0.911. The summed E-state index contributed by atoms with van der Waals surface area (Å²) < 4.78 is 21.0. The van der Waals surface area contributed by atoms with E-state index in [9.17, 15) is 9.18 Å². The van der Waals surface area contributed by atoms with Crippen molar-refractivity contribution in [3.8, 4) is 5.75 Å². The number of primary amides is 1. The van der Waals surface area contributed by atoms with E-state index in [1.54, 1.807) is 17.1 Å². The van der Waals surface area contributed by atoms with Crippen molar-refractivity contribution in [1.82, 2.24) is 9.78 Å². The van der Waals surface area contributed by atoms with E-state index in [0.717, 1.165) is 6.07 Å². The summed E-state index contributed by atoms with van der Waals surface area (Å²) in [6.07, 6.45) is 3.33. The molecule has 106 valence electrons. The molecule has 0 aliphatic carbocycles. The zero-order chi connectivity index (χ0) is 14.7. The highest BCUT2D eigenvalue weighted by atomic mass is 19.1. The van der Waals surface area contributed by atoms with Crippen LogP contribution in [0.3, 0.4) is 0 Å². The molecule has 5 nitrogen and oxygen atoms in total. The lowest BCUT2D eigenvalue weighted by molar-refractivity contribution is 0.0999. The van der Waals surface area contributed by atoms with Crippen LogP contribution in [0.1, 0.15) is 35.8 Å². The Kier molecular flexibility index (Phi) is 4.02. The highest BCUT2D eigenvalue weighted by Gasteiger charge is 2.08. The van der Waals surface area contributed by atoms with Gasteiger partial charge >= 0.3 is 0 Å². The van der Waals surface area contributed by atoms with Gasteiger partial charge in [0.25, 0.3) is 0 Å². The van der Waals surface area contributed by atoms with Gasteiger partial charge in [0.15, 0.2) is 5.75 Å². The molecule has 1 heterocycles. The van der Waals surface area contributed by atoms with Crippen LogP contribution in [0.4, 0.5) is 4.39 Å². The fourth-order valence-electron chi connectivity index (χ4n) is 1.66. The Balaban J connectivity index is 2.05. The Bertz CT molecular complexity index is 623. The molecule has 0 aliphatic heterocycles. The number of carbonyl (C=O) groups excluding carboxylic acids is 1. The number of carbonyl (C=O) groups is 1. The third kappa shape index (κ3) is 3.14. The SMILES string of the molecule is CC(C)n1cc(OCc2ccc(C(N)=O)cc2F)cn1. The van der Waals surface area contributed by atoms with Gasteiger partial charge in [-0.15, -0.1) is 0 Å². The van der Waals surface area contributed by atoms with E-state index in [1.807, 2.05) is 13.8 Å². The lowest BCUT2D eigenvalue weighted by Crippen LogP contribution is -2.11. The first-order valence-electron chi connectivity index (χ1n) is 6.22. The Labute approximate surface area is 116 Å². The molecule has 0 bridgehead atoms. The summed E-state index contributed by atoms with van der Waals surface area (Å²) in [5.74, 6) is -0.607. The molecule has 0 fully saturated rings. The van der Waals surface area contributed by atoms with E-state index < -0.39 is 11.7 Å². The van der Waals surface area contributed by atoms with Crippen molar-refractivity contribution in [2.24, 2.45) is 5.73 Å². The Morgan fingerprint density at radius 3 is 2.80 bits per heavy atom. The van der Waals surface area contributed by atoms with Crippen LogP contribution in [0.15, 0.2) is 30.6 Å². The first-order valence-corrected chi connectivity index (χ1v) is 6.22. The zero-order valence-electron chi connectivity index (χ0n) is 11.3. The summed E-state index contributed by atoms with van der Waals surface area (Å²) in [5, 5.41) is 4.12. The van der Waals surface area contributed by atoms with Crippen molar-refractivity contribution in [2.75, 3.05) is 0 Å². The van der Waals surface area contributed by atoms with E-state index in [0.29, 0.717) is 11.3 Å². The Morgan fingerprint density at radius 2 is 2.25 bits per heavy atom. The number of rotatable bonds is 5. The van der Waals surface area contributed by atoms with Crippen molar-refractivity contribution < 1.29 is 13.9 Å². The number of amides is 1. The van der Waals surface area contributed by atoms with E-state index in [2.05, 4.69) is 5.10 Å². The molecule has 6 heteroatoms. The predicted molar refractivity (Wildman–Crippen MR) is 71.9 cm³/mol. The van der Waals surface area contributed by atoms with Crippen LogP contribution in [0.5, 0.6) is 5.75 Å². The van der Waals surface area contributed by atoms with Crippen LogP contribution in [0.25, 0.3) is 0 Å². The summed E-state index contributed by atoms with van der Waals surface area (Å²) in [6, 6.07) is 4.31. The van der Waals surface area contributed by atoms with Gasteiger partial charge in [-0.3, -0.25) is 9.48 Å². The maximum Gasteiger partial charge on any atom is 0.248 e. The smallest absolute Gasteiger partial charge is 0.248 e. The topological polar surface area (TPSA) is 70.1 Å². The minimum atomic E-state index is -0.658. The molecule has 0 spiro atoms. The normalized spacial score (nSPS) is 10.8. The van der Waals surface area contributed by atoms with E-state index in [-0.39, 0.29) is 18.2 Å². The largest absolute Gasteiger partial charge is 0.486 e. The Morgan fingerprint density at radius 1 is 1.50 bits per heavy atom. The van der Waals surface area contributed by atoms with Gasteiger partial charge in [-0.2, -0.15) is 5.10 Å². The van der Waals surface area contributed by atoms with Gasteiger partial charge in [-0.25, -0.2) is 4.39 Å². The van der Waals surface area contributed by atoms with Gasteiger partial charge in [0.2, 0.25) is 5.91 Å². The average molecular weight is 277 g/mol. The second-order valence-electron chi connectivity index (χ2n) is 4.71. The molecule has 0 atom stereocenters. The van der Waals surface area contributed by atoms with Crippen molar-refractivity contribution in [3.05, 3.63) is 47.5 Å². The second-order valence-corrected chi connectivity index (χ2v) is 4.71. The second kappa shape index (κ2) is 5.73. The molecule has 0 radical (unpaired) electrons. The summed E-state index contributed by atoms with van der Waals surface area (Å²) in [5.41, 5.74) is 5.57. The summed E-state index contributed by atoms with van der Waals surface area (Å²) in [4.78, 5) is 10.9. The minimum absolute atomic E-state index is 0.0642. The van der Waals surface area contributed by atoms with E-state index >= 15 is 0 Å². The summed E-state index contributed by atoms with van der Waals surface area (Å²) >= 11 is 0. The van der Waals surface area contributed by atoms with E-state index in [1.165, 1.54) is 12.1 Å². The van der Waals surface area contributed by atoms with Crippen molar-refractivity contribution in [1.29, 1.82) is 0 Å². The van der Waals surface area contributed by atoms with Gasteiger partial charge in [-0.05, 0) is 26.0 Å². The molecule has 0 aliphatic rings. The first kappa shape index (κ1) is 14.0. The number of hydrogen-bond donors (Lipinski definition) is 1. The third-order valence-electron chi connectivity index (χ3n) is 2.84. The van der Waals surface area contributed by atoms with Crippen LogP contribution in [-0.2, 0) is 6.61 Å². The van der Waals surface area contributed by atoms with Crippen molar-refractivity contribution in [2.45, 2.75) is 26.5 Å². The zero-order valence-corrected chi connectivity index (χ0v) is 11.3. The van der Waals surface area contributed by atoms with Crippen LogP contribution in [0.2, 0.25) is 0 Å². The molecule has 0 saturated carbocycles.